The van der Waals surface area contributed by atoms with Gasteiger partial charge in [-0.1, -0.05) is 0 Å². The summed E-state index contributed by atoms with van der Waals surface area (Å²) in [6.07, 6.45) is 4.88. The van der Waals surface area contributed by atoms with Crippen LogP contribution in [0.1, 0.15) is 34.0 Å². The highest BCUT2D eigenvalue weighted by atomic mass is 16.4. The molecule has 1 aliphatic rings. The third kappa shape index (κ3) is 2.14. The molecule has 0 radical (unpaired) electrons. The molecule has 3 aromatic rings. The van der Waals surface area contributed by atoms with Gasteiger partial charge in [-0.3, -0.25) is 20.0 Å². The molecule has 4 rings (SSSR count). The second kappa shape index (κ2) is 5.30. The topological polar surface area (TPSA) is 137 Å². The van der Waals surface area contributed by atoms with Gasteiger partial charge in [-0.2, -0.15) is 10.2 Å². The number of aromatic amines is 2. The normalized spacial score (nSPS) is 16.5. The molecule has 9 nitrogen and oxygen atoms in total. The van der Waals surface area contributed by atoms with Crippen LogP contribution in [0, 0.1) is 0 Å². The molecule has 0 aromatic carbocycles. The van der Waals surface area contributed by atoms with E-state index >= 15 is 0 Å². The number of pyridine rings is 1. The number of carboxylic acid groups (broad SMARTS) is 1. The Morgan fingerprint density at radius 2 is 2.17 bits per heavy atom. The number of aromatic nitrogens is 5. The van der Waals surface area contributed by atoms with Gasteiger partial charge in [0.05, 0.1) is 11.9 Å². The number of nitrogens with zero attached hydrogens (tertiary/aromatic N) is 3. The van der Waals surface area contributed by atoms with Gasteiger partial charge in [0.25, 0.3) is 0 Å². The van der Waals surface area contributed by atoms with Crippen molar-refractivity contribution in [1.29, 1.82) is 0 Å². The molecule has 3 aromatic heterocycles. The van der Waals surface area contributed by atoms with Gasteiger partial charge >= 0.3 is 5.97 Å². The van der Waals surface area contributed by atoms with Crippen LogP contribution in [-0.2, 0) is 4.79 Å². The largest absolute Gasteiger partial charge is 0.477 e. The van der Waals surface area contributed by atoms with E-state index in [0.717, 1.165) is 11.1 Å². The van der Waals surface area contributed by atoms with Crippen LogP contribution in [0.4, 0.5) is 5.82 Å². The minimum absolute atomic E-state index is 0.0287. The first-order chi connectivity index (χ1) is 11.6. The Kier molecular flexibility index (Phi) is 3.12. The van der Waals surface area contributed by atoms with Crippen LogP contribution in [0.15, 0.2) is 30.7 Å². The lowest BCUT2D eigenvalue weighted by Gasteiger charge is -2.22. The number of carboxylic acids is 1. The highest BCUT2D eigenvalue weighted by Crippen LogP contribution is 2.42. The summed E-state index contributed by atoms with van der Waals surface area (Å²) >= 11 is 0. The molecule has 0 saturated heterocycles. The fraction of sp³-hybridized carbons (Fsp3) is 0.133. The van der Waals surface area contributed by atoms with Crippen molar-refractivity contribution in [2.24, 2.45) is 0 Å². The molecule has 120 valence electrons. The van der Waals surface area contributed by atoms with E-state index in [2.05, 4.69) is 30.7 Å². The molecule has 4 heterocycles. The van der Waals surface area contributed by atoms with Crippen molar-refractivity contribution in [3.63, 3.8) is 0 Å². The average Bonchev–Trinajstić information content (AvgIpc) is 3.21. The summed E-state index contributed by atoms with van der Waals surface area (Å²) in [6, 6.07) is 3.65. The van der Waals surface area contributed by atoms with Gasteiger partial charge in [0.15, 0.2) is 5.82 Å². The predicted octanol–water partition coefficient (Wildman–Crippen LogP) is 1.37. The first kappa shape index (κ1) is 14.1. The fourth-order valence-electron chi connectivity index (χ4n) is 2.98. The summed E-state index contributed by atoms with van der Waals surface area (Å²) in [6.45, 7) is 0. The van der Waals surface area contributed by atoms with Crippen LogP contribution < -0.4 is 5.32 Å². The first-order valence-corrected chi connectivity index (χ1v) is 7.20. The van der Waals surface area contributed by atoms with Crippen molar-refractivity contribution in [1.82, 2.24) is 25.4 Å². The number of hydrogen-bond donors (Lipinski definition) is 4. The van der Waals surface area contributed by atoms with Gasteiger partial charge in [0.2, 0.25) is 5.91 Å². The van der Waals surface area contributed by atoms with Crippen LogP contribution in [0.3, 0.4) is 0 Å². The Morgan fingerprint density at radius 3 is 2.92 bits per heavy atom. The Bertz CT molecular complexity index is 930. The van der Waals surface area contributed by atoms with Gasteiger partial charge < -0.3 is 10.4 Å². The van der Waals surface area contributed by atoms with Crippen molar-refractivity contribution in [2.75, 3.05) is 5.32 Å². The maximum atomic E-state index is 12.0. The van der Waals surface area contributed by atoms with E-state index in [9.17, 15) is 14.7 Å². The van der Waals surface area contributed by atoms with E-state index in [1.165, 1.54) is 6.20 Å². The van der Waals surface area contributed by atoms with Crippen LogP contribution in [0.5, 0.6) is 0 Å². The summed E-state index contributed by atoms with van der Waals surface area (Å²) in [4.78, 5) is 27.5. The predicted molar refractivity (Wildman–Crippen MR) is 82.5 cm³/mol. The number of aromatic carboxylic acids is 1. The lowest BCUT2D eigenvalue weighted by atomic mass is 9.84. The number of rotatable bonds is 3. The fourth-order valence-corrected chi connectivity index (χ4v) is 2.98. The average molecular weight is 324 g/mol. The third-order valence-corrected chi connectivity index (χ3v) is 4.01. The molecule has 24 heavy (non-hydrogen) atoms. The highest BCUT2D eigenvalue weighted by molar-refractivity contribution is 5.97. The Morgan fingerprint density at radius 1 is 1.29 bits per heavy atom. The number of H-pyrrole nitrogens is 2. The summed E-state index contributed by atoms with van der Waals surface area (Å²) in [5, 5.41) is 25.4. The molecule has 0 bridgehead atoms. The van der Waals surface area contributed by atoms with E-state index in [-0.39, 0.29) is 18.0 Å². The molecular formula is C15H12N6O3. The van der Waals surface area contributed by atoms with Crippen molar-refractivity contribution in [3.05, 3.63) is 47.5 Å². The Labute approximate surface area is 135 Å². The molecule has 0 saturated carbocycles. The number of fused-ring (bicyclic) bond motifs is 1. The molecule has 9 heteroatoms. The van der Waals surface area contributed by atoms with Crippen LogP contribution in [-0.4, -0.2) is 42.4 Å². The van der Waals surface area contributed by atoms with Gasteiger partial charge in [0.1, 0.15) is 5.69 Å². The lowest BCUT2D eigenvalue weighted by Crippen LogP contribution is -2.24. The van der Waals surface area contributed by atoms with Gasteiger partial charge in [-0.25, -0.2) is 4.79 Å². The van der Waals surface area contributed by atoms with Crippen molar-refractivity contribution >= 4 is 17.7 Å². The molecule has 0 aliphatic carbocycles. The number of amides is 1. The number of carbonyl (C=O) groups is 2. The van der Waals surface area contributed by atoms with Crippen molar-refractivity contribution in [2.45, 2.75) is 12.3 Å². The quantitative estimate of drug-likeness (QED) is 0.574. The van der Waals surface area contributed by atoms with Gasteiger partial charge in [-0.15, -0.1) is 0 Å². The zero-order valence-electron chi connectivity index (χ0n) is 12.3. The molecule has 1 aliphatic heterocycles. The smallest absolute Gasteiger partial charge is 0.354 e. The SMILES string of the molecule is O=C1CC(c2cn[nH]c2C(=O)O)c2c(n[nH]c2-c2cccnc2)N1. The number of hydrogen-bond acceptors (Lipinski definition) is 5. The Balaban J connectivity index is 1.90. The van der Waals surface area contributed by atoms with Crippen LogP contribution >= 0.6 is 0 Å². The van der Waals surface area contributed by atoms with E-state index in [0.29, 0.717) is 17.1 Å². The van der Waals surface area contributed by atoms with Crippen LogP contribution in [0.25, 0.3) is 11.3 Å². The second-order valence-corrected chi connectivity index (χ2v) is 5.41. The van der Waals surface area contributed by atoms with E-state index < -0.39 is 11.9 Å². The maximum absolute atomic E-state index is 12.0. The summed E-state index contributed by atoms with van der Waals surface area (Å²) < 4.78 is 0. The van der Waals surface area contributed by atoms with E-state index in [1.54, 1.807) is 18.5 Å². The monoisotopic (exact) mass is 324 g/mol. The zero-order chi connectivity index (χ0) is 16.7. The number of nitrogens with one attached hydrogen (secondary N) is 3. The maximum Gasteiger partial charge on any atom is 0.354 e. The second-order valence-electron chi connectivity index (χ2n) is 5.41. The first-order valence-electron chi connectivity index (χ1n) is 7.20. The molecule has 1 atom stereocenters. The van der Waals surface area contributed by atoms with E-state index in [4.69, 9.17) is 0 Å². The minimum Gasteiger partial charge on any atom is -0.477 e. The van der Waals surface area contributed by atoms with Crippen molar-refractivity contribution < 1.29 is 14.7 Å². The molecule has 1 unspecified atom stereocenters. The Hall–Kier alpha value is -3.49. The third-order valence-electron chi connectivity index (χ3n) is 4.01. The molecular weight excluding hydrogens is 312 g/mol. The molecule has 0 fully saturated rings. The van der Waals surface area contributed by atoms with E-state index in [1.807, 2.05) is 6.07 Å². The van der Waals surface area contributed by atoms with Gasteiger partial charge in [-0.05, 0) is 12.1 Å². The highest BCUT2D eigenvalue weighted by Gasteiger charge is 2.35. The molecule has 4 N–H and O–H groups in total. The lowest BCUT2D eigenvalue weighted by molar-refractivity contribution is -0.116. The molecule has 0 spiro atoms. The standard InChI is InChI=1S/C15H12N6O3/c22-10-4-8(9-6-17-19-13(9)15(23)24)11-12(20-21-14(11)18-10)7-2-1-3-16-5-7/h1-3,5-6,8H,4H2,(H,17,19)(H,23,24)(H2,18,20,21,22). The van der Waals surface area contributed by atoms with Gasteiger partial charge in [0, 0.05) is 41.4 Å². The summed E-state index contributed by atoms with van der Waals surface area (Å²) in [5.41, 5.74) is 2.64. The number of anilines is 1. The van der Waals surface area contributed by atoms with Crippen molar-refractivity contribution in [3.8, 4) is 11.3 Å². The molecule has 1 amide bonds. The minimum atomic E-state index is -1.12. The zero-order valence-corrected chi connectivity index (χ0v) is 12.3. The summed E-state index contributed by atoms with van der Waals surface area (Å²) in [5.74, 6) is -1.42. The van der Waals surface area contributed by atoms with Crippen LogP contribution in [0.2, 0.25) is 0 Å². The summed E-state index contributed by atoms with van der Waals surface area (Å²) in [7, 11) is 0. The number of carbonyl (C=O) groups excluding carboxylic acids is 1.